The first-order chi connectivity index (χ1) is 4.68. The zero-order chi connectivity index (χ0) is 8.04. The van der Waals surface area contributed by atoms with Crippen molar-refractivity contribution in [1.82, 2.24) is 0 Å². The van der Waals surface area contributed by atoms with Gasteiger partial charge in [0.15, 0.2) is 0 Å². The maximum atomic E-state index is 8.67. The molecule has 0 aromatic rings. The van der Waals surface area contributed by atoms with Crippen molar-refractivity contribution >= 4 is 11.6 Å². The lowest BCUT2D eigenvalue weighted by atomic mass is 9.99. The fourth-order valence-corrected chi connectivity index (χ4v) is 1.41. The fraction of sp³-hybridized carbons (Fsp3) is 0.875. The molecule has 2 heteroatoms. The van der Waals surface area contributed by atoms with Crippen LogP contribution in [0.5, 0.6) is 0 Å². The summed E-state index contributed by atoms with van der Waals surface area (Å²) in [7, 11) is 0. The second kappa shape index (κ2) is 4.57. The van der Waals surface area contributed by atoms with Gasteiger partial charge < -0.3 is 0 Å². The molecule has 0 rings (SSSR count). The lowest BCUT2D eigenvalue weighted by Gasteiger charge is -2.15. The van der Waals surface area contributed by atoms with Crippen LogP contribution in [0, 0.1) is 11.3 Å². The summed E-state index contributed by atoms with van der Waals surface area (Å²) < 4.78 is 0. The quantitative estimate of drug-likeness (QED) is 0.579. The van der Waals surface area contributed by atoms with Gasteiger partial charge in [0, 0.05) is 0 Å². The van der Waals surface area contributed by atoms with Crippen molar-refractivity contribution in [2.24, 2.45) is 0 Å². The highest BCUT2D eigenvalue weighted by Gasteiger charge is 2.23. The molecule has 58 valence electrons. The number of nitrogens with zero attached hydrogens (tertiary/aromatic N) is 1. The molecule has 0 amide bonds. The highest BCUT2D eigenvalue weighted by molar-refractivity contribution is 6.25. The normalized spacial score (nSPS) is 11.0. The minimum Gasteiger partial charge on any atom is -0.196 e. The third-order valence-electron chi connectivity index (χ3n) is 1.49. The molecular formula is C8H14ClN. The predicted octanol–water partition coefficient (Wildman–Crippen LogP) is 3.09. The number of halogens is 1. The van der Waals surface area contributed by atoms with E-state index >= 15 is 0 Å². The van der Waals surface area contributed by atoms with Gasteiger partial charge in [0.2, 0.25) is 0 Å². The van der Waals surface area contributed by atoms with Gasteiger partial charge in [0.05, 0.1) is 6.07 Å². The molecule has 0 heterocycles. The van der Waals surface area contributed by atoms with Crippen molar-refractivity contribution in [3.05, 3.63) is 0 Å². The molecule has 0 spiro atoms. The third-order valence-corrected chi connectivity index (χ3v) is 1.96. The second-order valence-corrected chi connectivity index (χ2v) is 3.30. The molecule has 0 aliphatic heterocycles. The molecule has 0 fully saturated rings. The summed E-state index contributed by atoms with van der Waals surface area (Å²) in [5.41, 5.74) is 0. The smallest absolute Gasteiger partial charge is 0.131 e. The highest BCUT2D eigenvalue weighted by Crippen LogP contribution is 2.26. The molecule has 0 radical (unpaired) electrons. The average molecular weight is 160 g/mol. The minimum absolute atomic E-state index is 0.580. The molecule has 0 aromatic carbocycles. The lowest BCUT2D eigenvalue weighted by molar-refractivity contribution is 0.574. The zero-order valence-electron chi connectivity index (χ0n) is 6.65. The molecule has 0 N–H and O–H groups in total. The van der Waals surface area contributed by atoms with E-state index in [1.54, 1.807) is 0 Å². The summed E-state index contributed by atoms with van der Waals surface area (Å²) in [5.74, 6) is 0. The SMILES string of the molecule is CCCC(Cl)(C#N)CCC. The Kier molecular flexibility index (Phi) is 4.47. The first kappa shape index (κ1) is 9.78. The van der Waals surface area contributed by atoms with Gasteiger partial charge in [-0.25, -0.2) is 0 Å². The van der Waals surface area contributed by atoms with Gasteiger partial charge in [-0.2, -0.15) is 5.26 Å². The van der Waals surface area contributed by atoms with E-state index in [2.05, 4.69) is 6.07 Å². The van der Waals surface area contributed by atoms with Crippen LogP contribution in [0.2, 0.25) is 0 Å². The van der Waals surface area contributed by atoms with Gasteiger partial charge in [0.25, 0.3) is 0 Å². The van der Waals surface area contributed by atoms with E-state index in [4.69, 9.17) is 16.9 Å². The Labute approximate surface area is 68.0 Å². The monoisotopic (exact) mass is 159 g/mol. The maximum Gasteiger partial charge on any atom is 0.131 e. The Morgan fingerprint density at radius 2 is 1.70 bits per heavy atom. The van der Waals surface area contributed by atoms with Gasteiger partial charge in [-0.1, -0.05) is 26.7 Å². The Bertz CT molecular complexity index is 120. The molecule has 0 aromatic heterocycles. The van der Waals surface area contributed by atoms with Crippen LogP contribution in [-0.2, 0) is 0 Å². The van der Waals surface area contributed by atoms with Gasteiger partial charge in [-0.05, 0) is 12.8 Å². The van der Waals surface area contributed by atoms with Gasteiger partial charge in [-0.15, -0.1) is 11.6 Å². The second-order valence-electron chi connectivity index (χ2n) is 2.58. The van der Waals surface area contributed by atoms with Crippen LogP contribution < -0.4 is 0 Å². The van der Waals surface area contributed by atoms with E-state index in [0.29, 0.717) is 0 Å². The molecule has 0 aliphatic rings. The first-order valence-electron chi connectivity index (χ1n) is 3.78. The lowest BCUT2D eigenvalue weighted by Crippen LogP contribution is -2.17. The minimum atomic E-state index is -0.580. The fourth-order valence-electron chi connectivity index (χ4n) is 1.03. The van der Waals surface area contributed by atoms with Crippen LogP contribution in [0.3, 0.4) is 0 Å². The average Bonchev–Trinajstić information content (AvgIpc) is 1.89. The number of hydrogen-bond acceptors (Lipinski definition) is 1. The number of nitriles is 1. The van der Waals surface area contributed by atoms with Gasteiger partial charge >= 0.3 is 0 Å². The molecule has 0 saturated heterocycles. The Balaban J connectivity index is 3.85. The molecule has 0 saturated carbocycles. The predicted molar refractivity (Wildman–Crippen MR) is 44.0 cm³/mol. The van der Waals surface area contributed by atoms with Crippen molar-refractivity contribution in [2.45, 2.75) is 44.4 Å². The highest BCUT2D eigenvalue weighted by atomic mass is 35.5. The summed E-state index contributed by atoms with van der Waals surface area (Å²) in [6, 6.07) is 2.15. The van der Waals surface area contributed by atoms with Gasteiger partial charge in [-0.3, -0.25) is 0 Å². The van der Waals surface area contributed by atoms with E-state index in [-0.39, 0.29) is 0 Å². The summed E-state index contributed by atoms with van der Waals surface area (Å²) in [4.78, 5) is -0.580. The van der Waals surface area contributed by atoms with Crippen LogP contribution in [0.15, 0.2) is 0 Å². The Morgan fingerprint density at radius 1 is 1.30 bits per heavy atom. The van der Waals surface area contributed by atoms with Gasteiger partial charge in [0.1, 0.15) is 4.87 Å². The molecular weight excluding hydrogens is 146 g/mol. The van der Waals surface area contributed by atoms with E-state index in [0.717, 1.165) is 25.7 Å². The van der Waals surface area contributed by atoms with Crippen molar-refractivity contribution in [2.75, 3.05) is 0 Å². The van der Waals surface area contributed by atoms with E-state index in [1.807, 2.05) is 13.8 Å². The van der Waals surface area contributed by atoms with Crippen LogP contribution in [0.1, 0.15) is 39.5 Å². The summed E-state index contributed by atoms with van der Waals surface area (Å²) >= 11 is 5.96. The Morgan fingerprint density at radius 3 is 1.90 bits per heavy atom. The summed E-state index contributed by atoms with van der Waals surface area (Å²) in [6.45, 7) is 4.09. The summed E-state index contributed by atoms with van der Waals surface area (Å²) in [5, 5.41) is 8.67. The number of hydrogen-bond donors (Lipinski definition) is 0. The van der Waals surface area contributed by atoms with Crippen molar-refractivity contribution in [3.63, 3.8) is 0 Å². The largest absolute Gasteiger partial charge is 0.196 e. The van der Waals surface area contributed by atoms with Crippen LogP contribution in [0.4, 0.5) is 0 Å². The van der Waals surface area contributed by atoms with Crippen molar-refractivity contribution in [1.29, 1.82) is 5.26 Å². The molecule has 0 atom stereocenters. The molecule has 0 aliphatic carbocycles. The topological polar surface area (TPSA) is 23.8 Å². The van der Waals surface area contributed by atoms with Crippen molar-refractivity contribution < 1.29 is 0 Å². The van der Waals surface area contributed by atoms with Crippen LogP contribution in [0.25, 0.3) is 0 Å². The van der Waals surface area contributed by atoms with Crippen LogP contribution >= 0.6 is 11.6 Å². The van der Waals surface area contributed by atoms with E-state index < -0.39 is 4.87 Å². The third kappa shape index (κ3) is 3.08. The van der Waals surface area contributed by atoms with Crippen LogP contribution in [-0.4, -0.2) is 4.87 Å². The number of rotatable bonds is 4. The molecule has 10 heavy (non-hydrogen) atoms. The standard InChI is InChI=1S/C8H14ClN/c1-3-5-8(9,7-10)6-4-2/h3-6H2,1-2H3. The molecule has 1 nitrogen and oxygen atoms in total. The first-order valence-corrected chi connectivity index (χ1v) is 4.16. The summed E-state index contributed by atoms with van der Waals surface area (Å²) in [6.07, 6.45) is 3.58. The zero-order valence-corrected chi connectivity index (χ0v) is 7.41. The number of alkyl halides is 1. The molecule has 0 unspecified atom stereocenters. The van der Waals surface area contributed by atoms with E-state index in [1.165, 1.54) is 0 Å². The molecule has 0 bridgehead atoms. The van der Waals surface area contributed by atoms with E-state index in [9.17, 15) is 0 Å². The van der Waals surface area contributed by atoms with Crippen molar-refractivity contribution in [3.8, 4) is 6.07 Å². The Hall–Kier alpha value is -0.220. The maximum absolute atomic E-state index is 8.67.